The van der Waals surface area contributed by atoms with Gasteiger partial charge in [-0.05, 0) is 64.6 Å². The van der Waals surface area contributed by atoms with Gasteiger partial charge >= 0.3 is 0 Å². The second-order valence-corrected chi connectivity index (χ2v) is 10.1. The van der Waals surface area contributed by atoms with Crippen molar-refractivity contribution in [2.75, 3.05) is 13.1 Å². The number of amides is 1. The molecule has 1 aliphatic rings. The first-order valence-corrected chi connectivity index (χ1v) is 13.1. The summed E-state index contributed by atoms with van der Waals surface area (Å²) >= 11 is 6.22. The lowest BCUT2D eigenvalue weighted by atomic mass is 10.1. The standard InChI is InChI=1S/C31H31ClFN3O/c32-27-10-5-6-23(17-27)20-36-21-28(35-19-22-12-13-24-7-1-2-9-26(24)16-22)18-30(36)31(37)34-15-14-25-8-3-4-11-29(25)33/h1-13,16-17,28,30,35H,14-15,18-21H2,(H,34,37)/t28-,30-/m0/s1. The van der Waals surface area contributed by atoms with Crippen LogP contribution in [0.2, 0.25) is 5.02 Å². The molecule has 4 aromatic rings. The van der Waals surface area contributed by atoms with Crippen LogP contribution in [0, 0.1) is 5.82 Å². The highest BCUT2D eigenvalue weighted by molar-refractivity contribution is 6.30. The van der Waals surface area contributed by atoms with Crippen molar-refractivity contribution in [3.8, 4) is 0 Å². The minimum Gasteiger partial charge on any atom is -0.354 e. The molecule has 4 aromatic carbocycles. The van der Waals surface area contributed by atoms with Crippen LogP contribution < -0.4 is 10.6 Å². The number of benzene rings is 4. The highest BCUT2D eigenvalue weighted by atomic mass is 35.5. The summed E-state index contributed by atoms with van der Waals surface area (Å²) < 4.78 is 14.0. The predicted molar refractivity (Wildman–Crippen MR) is 148 cm³/mol. The lowest BCUT2D eigenvalue weighted by molar-refractivity contribution is -0.125. The second kappa shape index (κ2) is 11.9. The number of carbonyl (C=O) groups is 1. The van der Waals surface area contributed by atoms with E-state index in [2.05, 4.69) is 58.0 Å². The summed E-state index contributed by atoms with van der Waals surface area (Å²) in [5.41, 5.74) is 2.91. The predicted octanol–water partition coefficient (Wildman–Crippen LogP) is 5.72. The Morgan fingerprint density at radius 1 is 0.919 bits per heavy atom. The summed E-state index contributed by atoms with van der Waals surface area (Å²) in [5.74, 6) is -0.258. The number of hydrogen-bond donors (Lipinski definition) is 2. The summed E-state index contributed by atoms with van der Waals surface area (Å²) in [5, 5.41) is 9.85. The van der Waals surface area contributed by atoms with Crippen LogP contribution in [-0.4, -0.2) is 36.0 Å². The zero-order valence-electron chi connectivity index (χ0n) is 20.7. The van der Waals surface area contributed by atoms with E-state index in [9.17, 15) is 9.18 Å². The summed E-state index contributed by atoms with van der Waals surface area (Å²) in [7, 11) is 0. The van der Waals surface area contributed by atoms with Crippen molar-refractivity contribution in [2.24, 2.45) is 0 Å². The van der Waals surface area contributed by atoms with Crippen LogP contribution in [0.25, 0.3) is 10.8 Å². The van der Waals surface area contributed by atoms with E-state index in [0.717, 1.165) is 18.7 Å². The van der Waals surface area contributed by atoms with Gasteiger partial charge in [-0.1, -0.05) is 78.3 Å². The minimum atomic E-state index is -0.270. The van der Waals surface area contributed by atoms with Gasteiger partial charge in [0, 0.05) is 37.2 Å². The van der Waals surface area contributed by atoms with E-state index in [1.165, 1.54) is 22.4 Å². The molecule has 0 unspecified atom stereocenters. The zero-order chi connectivity index (χ0) is 25.6. The molecule has 0 aromatic heterocycles. The fourth-order valence-corrected chi connectivity index (χ4v) is 5.33. The molecule has 2 N–H and O–H groups in total. The van der Waals surface area contributed by atoms with Crippen molar-refractivity contribution in [1.29, 1.82) is 0 Å². The van der Waals surface area contributed by atoms with Gasteiger partial charge in [0.1, 0.15) is 5.82 Å². The molecule has 190 valence electrons. The normalized spacial score (nSPS) is 17.8. The Bertz CT molecular complexity index is 1380. The Balaban J connectivity index is 1.23. The summed E-state index contributed by atoms with van der Waals surface area (Å²) in [6.45, 7) is 2.53. The van der Waals surface area contributed by atoms with Crippen LogP contribution >= 0.6 is 11.6 Å². The van der Waals surface area contributed by atoms with Crippen LogP contribution in [0.5, 0.6) is 0 Å². The van der Waals surface area contributed by atoms with Crippen LogP contribution in [0.1, 0.15) is 23.1 Å². The van der Waals surface area contributed by atoms with Gasteiger partial charge in [0.2, 0.25) is 5.91 Å². The first kappa shape index (κ1) is 25.4. The van der Waals surface area contributed by atoms with Gasteiger partial charge in [-0.2, -0.15) is 0 Å². The summed E-state index contributed by atoms with van der Waals surface area (Å²) in [6.07, 6.45) is 1.17. The second-order valence-electron chi connectivity index (χ2n) is 9.70. The number of halogens is 2. The fourth-order valence-electron chi connectivity index (χ4n) is 5.12. The maximum atomic E-state index is 14.0. The molecule has 1 amide bonds. The molecule has 1 heterocycles. The zero-order valence-corrected chi connectivity index (χ0v) is 21.4. The van der Waals surface area contributed by atoms with E-state index in [1.807, 2.05) is 30.3 Å². The van der Waals surface area contributed by atoms with Gasteiger partial charge in [0.05, 0.1) is 6.04 Å². The third-order valence-corrected chi connectivity index (χ3v) is 7.28. The monoisotopic (exact) mass is 515 g/mol. The molecule has 6 heteroatoms. The van der Waals surface area contributed by atoms with Crippen molar-refractivity contribution in [3.63, 3.8) is 0 Å². The smallest absolute Gasteiger partial charge is 0.237 e. The third kappa shape index (κ3) is 6.55. The largest absolute Gasteiger partial charge is 0.354 e. The van der Waals surface area contributed by atoms with Crippen molar-refractivity contribution < 1.29 is 9.18 Å². The van der Waals surface area contributed by atoms with Crippen LogP contribution in [0.15, 0.2) is 91.0 Å². The van der Waals surface area contributed by atoms with Gasteiger partial charge in [0.15, 0.2) is 0 Å². The van der Waals surface area contributed by atoms with Crippen molar-refractivity contribution in [3.05, 3.63) is 119 Å². The van der Waals surface area contributed by atoms with E-state index >= 15 is 0 Å². The maximum Gasteiger partial charge on any atom is 0.237 e. The molecule has 0 aliphatic carbocycles. The lowest BCUT2D eigenvalue weighted by Gasteiger charge is -2.23. The van der Waals surface area contributed by atoms with E-state index in [0.29, 0.717) is 36.5 Å². The minimum absolute atomic E-state index is 0.0200. The number of nitrogens with one attached hydrogen (secondary N) is 2. The van der Waals surface area contributed by atoms with Crippen molar-refractivity contribution >= 4 is 28.3 Å². The Morgan fingerprint density at radius 3 is 2.57 bits per heavy atom. The van der Waals surface area contributed by atoms with Crippen LogP contribution in [-0.2, 0) is 24.3 Å². The molecule has 37 heavy (non-hydrogen) atoms. The van der Waals surface area contributed by atoms with E-state index < -0.39 is 0 Å². The lowest BCUT2D eigenvalue weighted by Crippen LogP contribution is -2.43. The molecular formula is C31H31ClFN3O. The number of nitrogens with zero attached hydrogens (tertiary/aromatic N) is 1. The first-order chi connectivity index (χ1) is 18.0. The van der Waals surface area contributed by atoms with Crippen molar-refractivity contribution in [1.82, 2.24) is 15.5 Å². The molecule has 1 fully saturated rings. The Hall–Kier alpha value is -3.25. The molecule has 4 nitrogen and oxygen atoms in total. The van der Waals surface area contributed by atoms with Gasteiger partial charge < -0.3 is 10.6 Å². The first-order valence-electron chi connectivity index (χ1n) is 12.8. The molecule has 0 bridgehead atoms. The highest BCUT2D eigenvalue weighted by Crippen LogP contribution is 2.23. The number of fused-ring (bicyclic) bond motifs is 1. The Morgan fingerprint density at radius 2 is 1.73 bits per heavy atom. The van der Waals surface area contributed by atoms with Gasteiger partial charge in [-0.3, -0.25) is 9.69 Å². The van der Waals surface area contributed by atoms with Gasteiger partial charge in [-0.15, -0.1) is 0 Å². The molecule has 2 atom stereocenters. The molecule has 5 rings (SSSR count). The van der Waals surface area contributed by atoms with E-state index in [-0.39, 0.29) is 23.8 Å². The molecule has 0 spiro atoms. The quantitative estimate of drug-likeness (QED) is 0.299. The summed E-state index contributed by atoms with van der Waals surface area (Å²) in [6, 6.07) is 29.3. The van der Waals surface area contributed by atoms with Crippen molar-refractivity contribution in [2.45, 2.75) is 38.0 Å². The average Bonchev–Trinajstić information content (AvgIpc) is 3.31. The molecule has 1 saturated heterocycles. The molecule has 1 aliphatic heterocycles. The van der Waals surface area contributed by atoms with Crippen LogP contribution in [0.3, 0.4) is 0 Å². The topological polar surface area (TPSA) is 44.4 Å². The average molecular weight is 516 g/mol. The number of rotatable bonds is 9. The SMILES string of the molecule is O=C(NCCc1ccccc1F)[C@@H]1C[C@H](NCc2ccc3ccccc3c2)CN1Cc1cccc(Cl)c1. The van der Waals surface area contributed by atoms with E-state index in [1.54, 1.807) is 12.1 Å². The fraction of sp³-hybridized carbons (Fsp3) is 0.258. The maximum absolute atomic E-state index is 14.0. The number of carbonyl (C=O) groups excluding carboxylic acids is 1. The Kier molecular flexibility index (Phi) is 8.15. The van der Waals surface area contributed by atoms with Crippen LogP contribution in [0.4, 0.5) is 4.39 Å². The third-order valence-electron chi connectivity index (χ3n) is 7.04. The molecule has 0 radical (unpaired) electrons. The number of likely N-dealkylation sites (tertiary alicyclic amines) is 1. The highest BCUT2D eigenvalue weighted by Gasteiger charge is 2.36. The summed E-state index contributed by atoms with van der Waals surface area (Å²) in [4.78, 5) is 15.5. The number of hydrogen-bond acceptors (Lipinski definition) is 3. The Labute approximate surface area is 222 Å². The van der Waals surface area contributed by atoms with E-state index in [4.69, 9.17) is 11.6 Å². The molecular weight excluding hydrogens is 485 g/mol. The van der Waals surface area contributed by atoms with Gasteiger partial charge in [0.25, 0.3) is 0 Å². The molecule has 0 saturated carbocycles. The van der Waals surface area contributed by atoms with Gasteiger partial charge in [-0.25, -0.2) is 4.39 Å².